The van der Waals surface area contributed by atoms with Gasteiger partial charge in [-0.3, -0.25) is 5.32 Å². The van der Waals surface area contributed by atoms with Gasteiger partial charge in [-0.1, -0.05) is 51.9 Å². The number of unbranched alkanes of at least 4 members (excludes halogenated alkanes) is 7. The van der Waals surface area contributed by atoms with Gasteiger partial charge in [0.15, 0.2) is 0 Å². The average molecular weight is 242 g/mol. The Morgan fingerprint density at radius 1 is 0.765 bits per heavy atom. The van der Waals surface area contributed by atoms with Crippen molar-refractivity contribution in [2.24, 2.45) is 0 Å². The molecule has 0 fully saturated rings. The second-order valence-electron chi connectivity index (χ2n) is 6.08. The summed E-state index contributed by atoms with van der Waals surface area (Å²) in [6, 6.07) is 0. The summed E-state index contributed by atoms with van der Waals surface area (Å²) in [6.45, 7) is 11.0. The zero-order chi connectivity index (χ0) is 13.0. The molecule has 0 saturated carbocycles. The van der Waals surface area contributed by atoms with Gasteiger partial charge in [0, 0.05) is 12.2 Å². The third-order valence-electron chi connectivity index (χ3n) is 2.95. The van der Waals surface area contributed by atoms with Gasteiger partial charge in [0.05, 0.1) is 0 Å². The van der Waals surface area contributed by atoms with Crippen LogP contribution in [0.5, 0.6) is 0 Å². The largest absolute Gasteiger partial charge is 0.304 e. The minimum atomic E-state index is 0.228. The number of rotatable bonds is 11. The van der Waals surface area contributed by atoms with Crippen LogP contribution in [0, 0.1) is 0 Å². The van der Waals surface area contributed by atoms with Crippen molar-refractivity contribution in [3.8, 4) is 0 Å². The second-order valence-corrected chi connectivity index (χ2v) is 6.08. The summed E-state index contributed by atoms with van der Waals surface area (Å²) in [5.74, 6) is 0. The van der Waals surface area contributed by atoms with Gasteiger partial charge in [0.2, 0.25) is 0 Å². The van der Waals surface area contributed by atoms with E-state index in [9.17, 15) is 0 Å². The fourth-order valence-corrected chi connectivity index (χ4v) is 1.80. The maximum absolute atomic E-state index is 3.44. The van der Waals surface area contributed by atoms with E-state index in [1.54, 1.807) is 0 Å². The molecule has 0 rings (SSSR count). The van der Waals surface area contributed by atoms with Gasteiger partial charge in [-0.05, 0) is 33.7 Å². The highest BCUT2D eigenvalue weighted by atomic mass is 15.1. The van der Waals surface area contributed by atoms with E-state index >= 15 is 0 Å². The molecule has 0 aliphatic rings. The molecule has 0 bridgehead atoms. The molecule has 0 amide bonds. The van der Waals surface area contributed by atoms with Crippen LogP contribution in [0.15, 0.2) is 0 Å². The quantitative estimate of drug-likeness (QED) is 0.422. The first-order valence-electron chi connectivity index (χ1n) is 7.52. The van der Waals surface area contributed by atoms with Crippen molar-refractivity contribution in [2.75, 3.05) is 13.2 Å². The first-order chi connectivity index (χ1) is 8.06. The topological polar surface area (TPSA) is 24.1 Å². The van der Waals surface area contributed by atoms with Crippen LogP contribution in [-0.4, -0.2) is 18.8 Å². The van der Waals surface area contributed by atoms with Crippen molar-refractivity contribution in [2.45, 2.75) is 84.6 Å². The van der Waals surface area contributed by atoms with Gasteiger partial charge < -0.3 is 5.32 Å². The lowest BCUT2D eigenvalue weighted by molar-refractivity contribution is 0.401. The van der Waals surface area contributed by atoms with Crippen LogP contribution in [0.25, 0.3) is 0 Å². The van der Waals surface area contributed by atoms with Gasteiger partial charge >= 0.3 is 0 Å². The Labute approximate surface area is 109 Å². The molecule has 2 N–H and O–H groups in total. The SMILES string of the molecule is CCCCCCCCCCNCNC(C)(C)C. The zero-order valence-electron chi connectivity index (χ0n) is 12.6. The van der Waals surface area contributed by atoms with Crippen molar-refractivity contribution in [1.29, 1.82) is 0 Å². The van der Waals surface area contributed by atoms with Gasteiger partial charge in [-0.15, -0.1) is 0 Å². The Bertz CT molecular complexity index is 149. The molecule has 0 aliphatic heterocycles. The molecule has 0 heterocycles. The van der Waals surface area contributed by atoms with Crippen molar-refractivity contribution < 1.29 is 0 Å². The van der Waals surface area contributed by atoms with Crippen LogP contribution in [0.1, 0.15) is 79.1 Å². The summed E-state index contributed by atoms with van der Waals surface area (Å²) < 4.78 is 0. The predicted octanol–water partition coefficient (Wildman–Crippen LogP) is 4.06. The second kappa shape index (κ2) is 11.0. The highest BCUT2D eigenvalue weighted by Gasteiger charge is 2.06. The van der Waals surface area contributed by atoms with Gasteiger partial charge in [-0.25, -0.2) is 0 Å². The minimum absolute atomic E-state index is 0.228. The van der Waals surface area contributed by atoms with E-state index in [0.29, 0.717) is 0 Å². The fourth-order valence-electron chi connectivity index (χ4n) is 1.80. The van der Waals surface area contributed by atoms with Crippen LogP contribution < -0.4 is 10.6 Å². The van der Waals surface area contributed by atoms with Crippen LogP contribution in [0.2, 0.25) is 0 Å². The lowest BCUT2D eigenvalue weighted by Crippen LogP contribution is -2.42. The highest BCUT2D eigenvalue weighted by molar-refractivity contribution is 4.68. The molecule has 17 heavy (non-hydrogen) atoms. The third kappa shape index (κ3) is 15.9. The van der Waals surface area contributed by atoms with E-state index < -0.39 is 0 Å². The molecule has 0 aromatic rings. The molecule has 0 atom stereocenters. The van der Waals surface area contributed by atoms with E-state index in [2.05, 4.69) is 38.3 Å². The maximum atomic E-state index is 3.44. The van der Waals surface area contributed by atoms with E-state index in [1.165, 1.54) is 51.4 Å². The molecule has 2 heteroatoms. The summed E-state index contributed by atoms with van der Waals surface area (Å²) in [4.78, 5) is 0. The first kappa shape index (κ1) is 16.9. The molecular weight excluding hydrogens is 208 g/mol. The van der Waals surface area contributed by atoms with E-state index in [0.717, 1.165) is 13.2 Å². The smallest absolute Gasteiger partial charge is 0.0458 e. The van der Waals surface area contributed by atoms with Crippen molar-refractivity contribution in [3.05, 3.63) is 0 Å². The summed E-state index contributed by atoms with van der Waals surface area (Å²) in [5, 5.41) is 6.88. The number of nitrogens with one attached hydrogen (secondary N) is 2. The minimum Gasteiger partial charge on any atom is -0.304 e. The molecule has 0 aliphatic carbocycles. The molecule has 2 nitrogen and oxygen atoms in total. The Morgan fingerprint density at radius 3 is 1.82 bits per heavy atom. The number of hydrogen-bond donors (Lipinski definition) is 2. The monoisotopic (exact) mass is 242 g/mol. The van der Waals surface area contributed by atoms with Crippen LogP contribution in [-0.2, 0) is 0 Å². The molecule has 104 valence electrons. The van der Waals surface area contributed by atoms with Gasteiger partial charge in [0.1, 0.15) is 0 Å². The zero-order valence-corrected chi connectivity index (χ0v) is 12.6. The van der Waals surface area contributed by atoms with E-state index in [4.69, 9.17) is 0 Å². The lowest BCUT2D eigenvalue weighted by atomic mass is 10.1. The number of hydrogen-bond acceptors (Lipinski definition) is 2. The Morgan fingerprint density at radius 2 is 1.29 bits per heavy atom. The van der Waals surface area contributed by atoms with E-state index in [1.807, 2.05) is 0 Å². The Kier molecular flexibility index (Phi) is 11.0. The van der Waals surface area contributed by atoms with Crippen LogP contribution in [0.4, 0.5) is 0 Å². The molecule has 0 saturated heterocycles. The molecule has 0 aromatic carbocycles. The third-order valence-corrected chi connectivity index (χ3v) is 2.95. The standard InChI is InChI=1S/C15H34N2/c1-5-6-7-8-9-10-11-12-13-16-14-17-15(2,3)4/h16-17H,5-14H2,1-4H3. The fraction of sp³-hybridized carbons (Fsp3) is 1.00. The molecule has 0 radical (unpaired) electrons. The summed E-state index contributed by atoms with van der Waals surface area (Å²) in [5.41, 5.74) is 0.228. The summed E-state index contributed by atoms with van der Waals surface area (Å²) in [7, 11) is 0. The first-order valence-corrected chi connectivity index (χ1v) is 7.52. The van der Waals surface area contributed by atoms with Crippen molar-refractivity contribution >= 4 is 0 Å². The molecule has 0 spiro atoms. The van der Waals surface area contributed by atoms with Crippen LogP contribution >= 0.6 is 0 Å². The average Bonchev–Trinajstić information content (AvgIpc) is 2.24. The molecular formula is C15H34N2. The maximum Gasteiger partial charge on any atom is 0.0458 e. The van der Waals surface area contributed by atoms with Gasteiger partial charge in [-0.2, -0.15) is 0 Å². The highest BCUT2D eigenvalue weighted by Crippen LogP contribution is 2.07. The predicted molar refractivity (Wildman–Crippen MR) is 78.4 cm³/mol. The van der Waals surface area contributed by atoms with Crippen LogP contribution in [0.3, 0.4) is 0 Å². The summed E-state index contributed by atoms with van der Waals surface area (Å²) >= 11 is 0. The Balaban J connectivity index is 2.99. The molecule has 0 aromatic heterocycles. The van der Waals surface area contributed by atoms with Crippen molar-refractivity contribution in [1.82, 2.24) is 10.6 Å². The lowest BCUT2D eigenvalue weighted by Gasteiger charge is -2.20. The Hall–Kier alpha value is -0.0800. The summed E-state index contributed by atoms with van der Waals surface area (Å²) in [6.07, 6.45) is 11.2. The molecule has 0 unspecified atom stereocenters. The van der Waals surface area contributed by atoms with Crippen molar-refractivity contribution in [3.63, 3.8) is 0 Å². The van der Waals surface area contributed by atoms with E-state index in [-0.39, 0.29) is 5.54 Å². The normalized spacial score (nSPS) is 12.0. The van der Waals surface area contributed by atoms with Gasteiger partial charge in [0.25, 0.3) is 0 Å².